The minimum atomic E-state index is -0.741. The summed E-state index contributed by atoms with van der Waals surface area (Å²) in [6.07, 6.45) is 5.12. The molecule has 2 rings (SSSR count). The van der Waals surface area contributed by atoms with Crippen molar-refractivity contribution in [3.05, 3.63) is 69.8 Å². The van der Waals surface area contributed by atoms with E-state index in [0.717, 1.165) is 28.8 Å². The largest absolute Gasteiger partial charge is 0.205 e. The van der Waals surface area contributed by atoms with Gasteiger partial charge in [-0.1, -0.05) is 35.5 Å². The topological polar surface area (TPSA) is 0 Å². The van der Waals surface area contributed by atoms with Crippen LogP contribution in [0.3, 0.4) is 0 Å². The van der Waals surface area contributed by atoms with E-state index in [-0.39, 0.29) is 11.1 Å². The highest BCUT2D eigenvalue weighted by atomic mass is 19.1. The number of aryl methyl sites for hydroxylation is 2. The fraction of sp³-hybridized carbons (Fsp3) is 0.111. The zero-order valence-electron chi connectivity index (χ0n) is 11.2. The first-order chi connectivity index (χ1) is 9.51. The third-order valence-corrected chi connectivity index (χ3v) is 2.91. The maximum Gasteiger partial charge on any atom is 0.143 e. The monoisotopic (exact) mass is 266 g/mol. The zero-order valence-corrected chi connectivity index (χ0v) is 11.2. The summed E-state index contributed by atoms with van der Waals surface area (Å²) in [5.41, 5.74) is 2.74. The lowest BCUT2D eigenvalue weighted by Gasteiger charge is -2.00. The van der Waals surface area contributed by atoms with E-state index < -0.39 is 11.6 Å². The molecule has 2 aromatic carbocycles. The molecule has 0 radical (unpaired) electrons. The molecule has 0 aliphatic carbocycles. The van der Waals surface area contributed by atoms with Gasteiger partial charge < -0.3 is 0 Å². The van der Waals surface area contributed by atoms with Gasteiger partial charge in [0, 0.05) is 11.1 Å². The van der Waals surface area contributed by atoms with E-state index in [2.05, 4.69) is 17.8 Å². The molecule has 0 fully saturated rings. The molecule has 20 heavy (non-hydrogen) atoms. The maximum atomic E-state index is 13.7. The van der Waals surface area contributed by atoms with Gasteiger partial charge in [-0.2, -0.15) is 0 Å². The zero-order chi connectivity index (χ0) is 14.7. The Balaban J connectivity index is 2.46. The van der Waals surface area contributed by atoms with Gasteiger partial charge >= 0.3 is 0 Å². The highest BCUT2D eigenvalue weighted by Gasteiger charge is 2.08. The molecule has 0 saturated carbocycles. The standard InChI is InChI=1S/C18H12F2/c1-4-14-10-17(19)16(18(20)11-14)8-7-15-6-5-12(2)9-13(15)3/h1,5-6,9-11H,2-3H3. The van der Waals surface area contributed by atoms with Crippen molar-refractivity contribution in [3.8, 4) is 24.2 Å². The number of hydrogen-bond donors (Lipinski definition) is 0. The van der Waals surface area contributed by atoms with E-state index >= 15 is 0 Å². The van der Waals surface area contributed by atoms with Gasteiger partial charge in [-0.15, -0.1) is 6.42 Å². The Labute approximate surface area is 117 Å². The molecular formula is C18H12F2. The van der Waals surface area contributed by atoms with Crippen molar-refractivity contribution in [2.24, 2.45) is 0 Å². The van der Waals surface area contributed by atoms with E-state index in [4.69, 9.17) is 6.42 Å². The van der Waals surface area contributed by atoms with Crippen LogP contribution in [0.2, 0.25) is 0 Å². The second kappa shape index (κ2) is 5.59. The second-order valence-corrected chi connectivity index (χ2v) is 4.53. The molecule has 0 aromatic heterocycles. The summed E-state index contributed by atoms with van der Waals surface area (Å²) in [7, 11) is 0. The van der Waals surface area contributed by atoms with Crippen LogP contribution in [0, 0.1) is 49.7 Å². The van der Waals surface area contributed by atoms with Crippen LogP contribution >= 0.6 is 0 Å². The van der Waals surface area contributed by atoms with Crippen molar-refractivity contribution in [2.75, 3.05) is 0 Å². The van der Waals surface area contributed by atoms with Crippen LogP contribution in [0.1, 0.15) is 27.8 Å². The van der Waals surface area contributed by atoms with Crippen LogP contribution in [0.5, 0.6) is 0 Å². The molecule has 0 amide bonds. The Kier molecular flexibility index (Phi) is 3.87. The van der Waals surface area contributed by atoms with Crippen LogP contribution in [0.25, 0.3) is 0 Å². The van der Waals surface area contributed by atoms with E-state index in [1.165, 1.54) is 0 Å². The number of rotatable bonds is 0. The van der Waals surface area contributed by atoms with Crippen LogP contribution in [0.15, 0.2) is 30.3 Å². The summed E-state index contributed by atoms with van der Waals surface area (Å²) in [4.78, 5) is 0. The molecule has 2 aromatic rings. The molecule has 0 spiro atoms. The van der Waals surface area contributed by atoms with E-state index in [1.54, 1.807) is 0 Å². The van der Waals surface area contributed by atoms with Gasteiger partial charge in [0.05, 0.1) is 5.56 Å². The van der Waals surface area contributed by atoms with Gasteiger partial charge in [-0.05, 0) is 37.6 Å². The SMILES string of the molecule is C#Cc1cc(F)c(C#Cc2ccc(C)cc2C)c(F)c1. The van der Waals surface area contributed by atoms with Crippen molar-refractivity contribution in [3.63, 3.8) is 0 Å². The van der Waals surface area contributed by atoms with Gasteiger partial charge in [-0.3, -0.25) is 0 Å². The lowest BCUT2D eigenvalue weighted by molar-refractivity contribution is 0.577. The molecule has 0 atom stereocenters. The van der Waals surface area contributed by atoms with E-state index in [1.807, 2.05) is 32.0 Å². The molecule has 0 aliphatic rings. The first-order valence-electron chi connectivity index (χ1n) is 6.06. The first kappa shape index (κ1) is 13.8. The van der Waals surface area contributed by atoms with E-state index in [9.17, 15) is 8.78 Å². The Hall–Kier alpha value is -2.58. The van der Waals surface area contributed by atoms with Gasteiger partial charge in [0.25, 0.3) is 0 Å². The van der Waals surface area contributed by atoms with Gasteiger partial charge in [0.2, 0.25) is 0 Å². The lowest BCUT2D eigenvalue weighted by Crippen LogP contribution is -1.92. The normalized spacial score (nSPS) is 9.55. The number of benzene rings is 2. The molecule has 0 bridgehead atoms. The van der Waals surface area contributed by atoms with Crippen LogP contribution in [-0.4, -0.2) is 0 Å². The minimum absolute atomic E-state index is 0.164. The summed E-state index contributed by atoms with van der Waals surface area (Å²) < 4.78 is 27.5. The lowest BCUT2D eigenvalue weighted by atomic mass is 10.1. The summed E-state index contributed by atoms with van der Waals surface area (Å²) in [5.74, 6) is 6.05. The van der Waals surface area contributed by atoms with Crippen molar-refractivity contribution in [1.29, 1.82) is 0 Å². The molecule has 0 N–H and O–H groups in total. The molecule has 98 valence electrons. The molecule has 0 saturated heterocycles. The van der Waals surface area contributed by atoms with Crippen LogP contribution in [-0.2, 0) is 0 Å². The summed E-state index contributed by atoms with van der Waals surface area (Å²) in [6, 6.07) is 7.93. The quantitative estimate of drug-likeness (QED) is 0.633. The molecule has 0 aliphatic heterocycles. The second-order valence-electron chi connectivity index (χ2n) is 4.53. The predicted molar refractivity (Wildman–Crippen MR) is 76.2 cm³/mol. The average Bonchev–Trinajstić information content (AvgIpc) is 2.39. The average molecular weight is 266 g/mol. The fourth-order valence-corrected chi connectivity index (χ4v) is 1.86. The molecular weight excluding hydrogens is 254 g/mol. The number of hydrogen-bond acceptors (Lipinski definition) is 0. The van der Waals surface area contributed by atoms with Crippen LogP contribution < -0.4 is 0 Å². The molecule has 0 nitrogen and oxygen atoms in total. The maximum absolute atomic E-state index is 13.7. The number of terminal acetylenes is 1. The van der Waals surface area contributed by atoms with Crippen molar-refractivity contribution in [1.82, 2.24) is 0 Å². The van der Waals surface area contributed by atoms with Crippen LogP contribution in [0.4, 0.5) is 8.78 Å². The molecule has 0 heterocycles. The Morgan fingerprint density at radius 1 is 0.950 bits per heavy atom. The van der Waals surface area contributed by atoms with Crippen molar-refractivity contribution in [2.45, 2.75) is 13.8 Å². The highest BCUT2D eigenvalue weighted by molar-refractivity contribution is 5.49. The summed E-state index contributed by atoms with van der Waals surface area (Å²) in [6.45, 7) is 3.88. The Morgan fingerprint density at radius 2 is 1.60 bits per heavy atom. The smallest absolute Gasteiger partial charge is 0.143 e. The summed E-state index contributed by atoms with van der Waals surface area (Å²) in [5, 5.41) is 0. The summed E-state index contributed by atoms with van der Waals surface area (Å²) >= 11 is 0. The Bertz CT molecular complexity index is 745. The van der Waals surface area contributed by atoms with Crippen molar-refractivity contribution >= 4 is 0 Å². The van der Waals surface area contributed by atoms with Gasteiger partial charge in [0.15, 0.2) is 0 Å². The number of halogens is 2. The molecule has 0 unspecified atom stereocenters. The Morgan fingerprint density at radius 3 is 2.15 bits per heavy atom. The highest BCUT2D eigenvalue weighted by Crippen LogP contribution is 2.15. The van der Waals surface area contributed by atoms with Gasteiger partial charge in [0.1, 0.15) is 11.6 Å². The van der Waals surface area contributed by atoms with E-state index in [0.29, 0.717) is 0 Å². The molecule has 2 heteroatoms. The van der Waals surface area contributed by atoms with Crippen molar-refractivity contribution < 1.29 is 8.78 Å². The third-order valence-electron chi connectivity index (χ3n) is 2.91. The fourth-order valence-electron chi connectivity index (χ4n) is 1.86. The first-order valence-corrected chi connectivity index (χ1v) is 6.06. The predicted octanol–water partition coefficient (Wildman–Crippen LogP) is 3.96. The minimum Gasteiger partial charge on any atom is -0.205 e. The van der Waals surface area contributed by atoms with Gasteiger partial charge in [-0.25, -0.2) is 8.78 Å². The third kappa shape index (κ3) is 2.87.